The Morgan fingerprint density at radius 1 is 1.18 bits per heavy atom. The van der Waals surface area contributed by atoms with E-state index in [1.54, 1.807) is 39.2 Å². The van der Waals surface area contributed by atoms with Crippen LogP contribution >= 0.6 is 11.3 Å². The minimum absolute atomic E-state index is 0.0959. The van der Waals surface area contributed by atoms with Crippen molar-refractivity contribution in [3.8, 4) is 5.75 Å². The molecule has 1 aromatic heterocycles. The van der Waals surface area contributed by atoms with Crippen LogP contribution in [0, 0.1) is 0 Å². The Morgan fingerprint density at radius 2 is 1.89 bits per heavy atom. The lowest BCUT2D eigenvalue weighted by Gasteiger charge is -2.08. The zero-order valence-electron chi connectivity index (χ0n) is 15.7. The van der Waals surface area contributed by atoms with Crippen LogP contribution in [-0.2, 0) is 16.4 Å². The maximum absolute atomic E-state index is 12.3. The van der Waals surface area contributed by atoms with E-state index >= 15 is 0 Å². The fourth-order valence-electron chi connectivity index (χ4n) is 2.41. The number of methoxy groups -OCH3 is 1. The summed E-state index contributed by atoms with van der Waals surface area (Å²) < 4.78 is 30.5. The molecule has 148 valence electrons. The van der Waals surface area contributed by atoms with Crippen LogP contribution in [0.25, 0.3) is 10.2 Å². The summed E-state index contributed by atoms with van der Waals surface area (Å²) in [4.78, 5) is 16.4. The van der Waals surface area contributed by atoms with Crippen LogP contribution < -0.4 is 15.4 Å². The normalized spacial score (nSPS) is 11.6. The zero-order valence-corrected chi connectivity index (χ0v) is 17.4. The molecule has 1 heterocycles. The number of hydrogen-bond acceptors (Lipinski definition) is 6. The molecule has 0 unspecified atom stereocenters. The summed E-state index contributed by atoms with van der Waals surface area (Å²) in [5.74, 6) is 0.755. The second-order valence-electron chi connectivity index (χ2n) is 6.41. The number of nitrogens with zero attached hydrogens (tertiary/aromatic N) is 1. The van der Waals surface area contributed by atoms with Crippen molar-refractivity contribution in [3.05, 3.63) is 48.0 Å². The number of sulfone groups is 1. The van der Waals surface area contributed by atoms with Crippen molar-refractivity contribution in [2.75, 3.05) is 12.4 Å². The average molecular weight is 420 g/mol. The minimum Gasteiger partial charge on any atom is -0.497 e. The number of fused-ring (bicyclic) bond motifs is 1. The van der Waals surface area contributed by atoms with Crippen molar-refractivity contribution >= 4 is 43.1 Å². The summed E-state index contributed by atoms with van der Waals surface area (Å²) in [5, 5.41) is 5.00. The van der Waals surface area contributed by atoms with Gasteiger partial charge in [-0.05, 0) is 49.7 Å². The van der Waals surface area contributed by atoms with E-state index in [-0.39, 0.29) is 10.4 Å². The number of hydrogen-bond donors (Lipinski definition) is 2. The number of benzene rings is 2. The number of nitrogens with one attached hydrogen (secondary N) is 2. The van der Waals surface area contributed by atoms with Crippen molar-refractivity contribution in [2.24, 2.45) is 0 Å². The summed E-state index contributed by atoms with van der Waals surface area (Å²) in [6, 6.07) is 12.2. The highest BCUT2D eigenvalue weighted by Gasteiger charge is 2.23. The fraction of sp³-hybridized carbons (Fsp3) is 0.263. The molecule has 0 radical (unpaired) electrons. The molecule has 0 saturated carbocycles. The van der Waals surface area contributed by atoms with Gasteiger partial charge < -0.3 is 15.4 Å². The summed E-state index contributed by atoms with van der Waals surface area (Å²) in [7, 11) is -1.82. The lowest BCUT2D eigenvalue weighted by Crippen LogP contribution is -2.28. The van der Waals surface area contributed by atoms with Crippen molar-refractivity contribution in [3.63, 3.8) is 0 Å². The highest BCUT2D eigenvalue weighted by molar-refractivity contribution is 7.94. The third kappa shape index (κ3) is 4.42. The Hall–Kier alpha value is -2.65. The minimum atomic E-state index is -3.42. The Bertz CT molecular complexity index is 1090. The van der Waals surface area contributed by atoms with E-state index in [2.05, 4.69) is 15.6 Å². The molecule has 0 atom stereocenters. The summed E-state index contributed by atoms with van der Waals surface area (Å²) in [5.41, 5.74) is 2.10. The van der Waals surface area contributed by atoms with Crippen LogP contribution in [0.15, 0.2) is 46.8 Å². The van der Waals surface area contributed by atoms with Gasteiger partial charge in [-0.2, -0.15) is 0 Å². The topological polar surface area (TPSA) is 97.4 Å². The van der Waals surface area contributed by atoms with Crippen LogP contribution in [0.5, 0.6) is 5.75 Å². The van der Waals surface area contributed by atoms with Crippen molar-refractivity contribution in [1.29, 1.82) is 0 Å². The van der Waals surface area contributed by atoms with Gasteiger partial charge in [-0.15, -0.1) is 11.3 Å². The van der Waals surface area contributed by atoms with Gasteiger partial charge in [0.1, 0.15) is 5.75 Å². The highest BCUT2D eigenvalue weighted by atomic mass is 32.2. The molecule has 2 aromatic carbocycles. The lowest BCUT2D eigenvalue weighted by molar-refractivity contribution is 0.251. The van der Waals surface area contributed by atoms with E-state index in [1.807, 2.05) is 24.3 Å². The van der Waals surface area contributed by atoms with E-state index in [9.17, 15) is 13.2 Å². The van der Waals surface area contributed by atoms with E-state index in [1.165, 1.54) is 0 Å². The Morgan fingerprint density at radius 3 is 2.54 bits per heavy atom. The standard InChI is InChI=1S/C19H21N3O4S2/c1-12(2)28(24,25)19-22-16-9-6-14(10-17(16)27-19)21-18(23)20-11-13-4-7-15(26-3)8-5-13/h4-10,12H,11H2,1-3H3,(H2,20,21,23). The first-order valence-corrected chi connectivity index (χ1v) is 11.0. The molecule has 0 aliphatic carbocycles. The SMILES string of the molecule is COc1ccc(CNC(=O)Nc2ccc3nc(S(=O)(=O)C(C)C)sc3c2)cc1. The number of rotatable bonds is 6. The average Bonchev–Trinajstić information content (AvgIpc) is 3.11. The number of anilines is 1. The highest BCUT2D eigenvalue weighted by Crippen LogP contribution is 2.29. The van der Waals surface area contributed by atoms with E-state index in [0.717, 1.165) is 22.6 Å². The predicted octanol–water partition coefficient (Wildman–Crippen LogP) is 3.81. The molecule has 28 heavy (non-hydrogen) atoms. The molecule has 0 bridgehead atoms. The van der Waals surface area contributed by atoms with Crippen molar-refractivity contribution in [1.82, 2.24) is 10.3 Å². The molecule has 0 aliphatic heterocycles. The molecule has 0 spiro atoms. The van der Waals surface area contributed by atoms with Gasteiger partial charge in [-0.3, -0.25) is 0 Å². The van der Waals surface area contributed by atoms with Gasteiger partial charge in [0.2, 0.25) is 14.2 Å². The van der Waals surface area contributed by atoms with E-state index < -0.39 is 15.1 Å². The summed E-state index contributed by atoms with van der Waals surface area (Å²) in [6.07, 6.45) is 0. The van der Waals surface area contributed by atoms with Crippen LogP contribution in [-0.4, -0.2) is 31.8 Å². The number of thiazole rings is 1. The molecule has 9 heteroatoms. The Kier molecular flexibility index (Phi) is 5.85. The molecule has 7 nitrogen and oxygen atoms in total. The maximum atomic E-state index is 12.3. The van der Waals surface area contributed by atoms with Gasteiger partial charge in [0, 0.05) is 12.2 Å². The Labute approximate surface area is 167 Å². The van der Waals surface area contributed by atoms with Crippen LogP contribution in [0.4, 0.5) is 10.5 Å². The van der Waals surface area contributed by atoms with Gasteiger partial charge in [-0.1, -0.05) is 12.1 Å². The predicted molar refractivity (Wildman–Crippen MR) is 111 cm³/mol. The third-order valence-electron chi connectivity index (χ3n) is 4.10. The van der Waals surface area contributed by atoms with Gasteiger partial charge in [-0.25, -0.2) is 18.2 Å². The zero-order chi connectivity index (χ0) is 20.3. The first-order valence-electron chi connectivity index (χ1n) is 8.62. The van der Waals surface area contributed by atoms with Crippen molar-refractivity contribution in [2.45, 2.75) is 30.0 Å². The van der Waals surface area contributed by atoms with E-state index in [4.69, 9.17) is 4.74 Å². The van der Waals surface area contributed by atoms with Gasteiger partial charge in [0.25, 0.3) is 0 Å². The van der Waals surface area contributed by atoms with Crippen molar-refractivity contribution < 1.29 is 17.9 Å². The Balaban J connectivity index is 1.67. The fourth-order valence-corrected chi connectivity index (χ4v) is 5.08. The number of aromatic nitrogens is 1. The van der Waals surface area contributed by atoms with Gasteiger partial charge in [0.15, 0.2) is 0 Å². The molecular weight excluding hydrogens is 398 g/mol. The number of carbonyl (C=O) groups excluding carboxylic acids is 1. The number of ether oxygens (including phenoxy) is 1. The second kappa shape index (κ2) is 8.15. The summed E-state index contributed by atoms with van der Waals surface area (Å²) in [6.45, 7) is 3.62. The van der Waals surface area contributed by atoms with Gasteiger partial charge in [0.05, 0.1) is 22.6 Å². The molecule has 2 amide bonds. The molecule has 3 rings (SSSR count). The smallest absolute Gasteiger partial charge is 0.319 e. The van der Waals surface area contributed by atoms with Gasteiger partial charge >= 0.3 is 6.03 Å². The molecule has 0 aliphatic rings. The quantitative estimate of drug-likeness (QED) is 0.633. The lowest BCUT2D eigenvalue weighted by atomic mass is 10.2. The molecule has 2 N–H and O–H groups in total. The first kappa shape index (κ1) is 20.1. The maximum Gasteiger partial charge on any atom is 0.319 e. The molecule has 0 fully saturated rings. The number of amides is 2. The van der Waals surface area contributed by atoms with Crippen LogP contribution in [0.2, 0.25) is 0 Å². The first-order chi connectivity index (χ1) is 13.3. The monoisotopic (exact) mass is 419 g/mol. The third-order valence-corrected chi connectivity index (χ3v) is 7.68. The van der Waals surface area contributed by atoms with Crippen LogP contribution in [0.1, 0.15) is 19.4 Å². The number of carbonyl (C=O) groups is 1. The molecule has 3 aromatic rings. The molecule has 0 saturated heterocycles. The van der Waals surface area contributed by atoms with E-state index in [0.29, 0.717) is 22.4 Å². The van der Waals surface area contributed by atoms with Crippen LogP contribution in [0.3, 0.4) is 0 Å². The summed E-state index contributed by atoms with van der Waals surface area (Å²) >= 11 is 1.10. The second-order valence-corrected chi connectivity index (χ2v) is 10.1. The largest absolute Gasteiger partial charge is 0.497 e. The molecular formula is C19H21N3O4S2. The number of urea groups is 1.